The van der Waals surface area contributed by atoms with E-state index in [4.69, 9.17) is 4.74 Å². The predicted octanol–water partition coefficient (Wildman–Crippen LogP) is 5.40. The number of pyridine rings is 1. The number of halogens is 1. The lowest BCUT2D eigenvalue weighted by Gasteiger charge is -2.54. The lowest BCUT2D eigenvalue weighted by molar-refractivity contribution is 0.0609. The molecule has 9 nitrogen and oxygen atoms in total. The Morgan fingerprint density at radius 1 is 0.978 bits per heavy atom. The number of anilines is 1. The van der Waals surface area contributed by atoms with E-state index in [9.17, 15) is 17.6 Å². The highest BCUT2D eigenvalue weighted by molar-refractivity contribution is 7.90. The van der Waals surface area contributed by atoms with Crippen LogP contribution >= 0.6 is 0 Å². The molecule has 0 unspecified atom stereocenters. The Balaban J connectivity index is 1.00. The molecule has 1 spiro atoms. The summed E-state index contributed by atoms with van der Waals surface area (Å²) in [6.07, 6.45) is 13.3. The number of ether oxygens (including phenoxy) is 1. The van der Waals surface area contributed by atoms with Crippen LogP contribution in [0.15, 0.2) is 47.7 Å². The molecular weight excluding hydrogens is 605 g/mol. The highest BCUT2D eigenvalue weighted by atomic mass is 32.2. The second-order valence-electron chi connectivity index (χ2n) is 14.4. The first-order valence-electron chi connectivity index (χ1n) is 16.7. The first-order valence-corrected chi connectivity index (χ1v) is 18.7. The normalized spacial score (nSPS) is 23.3. The van der Waals surface area contributed by atoms with Crippen LogP contribution in [0, 0.1) is 23.1 Å². The molecule has 7 rings (SSSR count). The minimum atomic E-state index is -2.90. The zero-order chi connectivity index (χ0) is 32.1. The van der Waals surface area contributed by atoms with Crippen molar-refractivity contribution in [1.29, 1.82) is 0 Å². The van der Waals surface area contributed by atoms with Gasteiger partial charge in [0.1, 0.15) is 27.7 Å². The maximum Gasteiger partial charge on any atom is 0.250 e. The summed E-state index contributed by atoms with van der Waals surface area (Å²) in [5.41, 5.74) is 2.40. The molecule has 2 aliphatic heterocycles. The first kappa shape index (κ1) is 31.3. The monoisotopic (exact) mass is 649 g/mol. The fourth-order valence-corrected chi connectivity index (χ4v) is 9.23. The van der Waals surface area contributed by atoms with Gasteiger partial charge in [0.15, 0.2) is 11.6 Å². The minimum absolute atomic E-state index is 0.146. The van der Waals surface area contributed by atoms with Crippen LogP contribution in [-0.4, -0.2) is 72.6 Å². The van der Waals surface area contributed by atoms with E-state index < -0.39 is 9.84 Å². The number of likely N-dealkylation sites (tertiary alicyclic amines) is 1. The van der Waals surface area contributed by atoms with Crippen LogP contribution in [0.2, 0.25) is 0 Å². The molecule has 2 saturated carbocycles. The summed E-state index contributed by atoms with van der Waals surface area (Å²) in [5, 5.41) is 0. The molecule has 11 heteroatoms. The van der Waals surface area contributed by atoms with Gasteiger partial charge >= 0.3 is 0 Å². The Morgan fingerprint density at radius 2 is 1.70 bits per heavy atom. The summed E-state index contributed by atoms with van der Waals surface area (Å²) in [6, 6.07) is 7.92. The average Bonchev–Trinajstić information content (AvgIpc) is 3.85. The molecule has 246 valence electrons. The number of aromatic nitrogens is 3. The van der Waals surface area contributed by atoms with Crippen molar-refractivity contribution in [2.75, 3.05) is 49.6 Å². The maximum atomic E-state index is 14.7. The maximum absolute atomic E-state index is 14.7. The molecule has 0 amide bonds. The zero-order valence-corrected chi connectivity index (χ0v) is 27.6. The van der Waals surface area contributed by atoms with Crippen molar-refractivity contribution in [3.05, 3.63) is 64.6 Å². The van der Waals surface area contributed by atoms with E-state index in [1.165, 1.54) is 24.7 Å². The van der Waals surface area contributed by atoms with Crippen molar-refractivity contribution in [2.45, 2.75) is 57.3 Å². The van der Waals surface area contributed by atoms with Crippen molar-refractivity contribution in [1.82, 2.24) is 19.4 Å². The van der Waals surface area contributed by atoms with Gasteiger partial charge in [-0.15, -0.1) is 0 Å². The van der Waals surface area contributed by atoms with Gasteiger partial charge in [-0.2, -0.15) is 0 Å². The number of rotatable bonds is 9. The van der Waals surface area contributed by atoms with Gasteiger partial charge in [0.25, 0.3) is 5.56 Å². The molecule has 0 atom stereocenters. The molecule has 1 aromatic carbocycles. The summed E-state index contributed by atoms with van der Waals surface area (Å²) in [5.74, 6) is 3.01. The second kappa shape index (κ2) is 12.4. The molecule has 2 aliphatic carbocycles. The zero-order valence-electron chi connectivity index (χ0n) is 26.8. The van der Waals surface area contributed by atoms with Gasteiger partial charge in [-0.1, -0.05) is 6.07 Å². The summed E-state index contributed by atoms with van der Waals surface area (Å²) in [7, 11) is -1.17. The molecule has 0 N–H and O–H groups in total. The van der Waals surface area contributed by atoms with Crippen LogP contribution in [0.5, 0.6) is 11.5 Å². The number of hydrogen-bond acceptors (Lipinski definition) is 8. The molecule has 46 heavy (non-hydrogen) atoms. The lowest BCUT2D eigenvalue weighted by Crippen LogP contribution is -2.61. The van der Waals surface area contributed by atoms with E-state index in [0.717, 1.165) is 95.5 Å². The Bertz CT molecular complexity index is 1750. The third-order valence-electron chi connectivity index (χ3n) is 10.7. The largest absolute Gasteiger partial charge is 0.451 e. The highest BCUT2D eigenvalue weighted by Crippen LogP contribution is 2.48. The van der Waals surface area contributed by atoms with Crippen LogP contribution in [0.4, 0.5) is 10.2 Å². The van der Waals surface area contributed by atoms with Gasteiger partial charge in [-0.3, -0.25) is 4.79 Å². The topological polar surface area (TPSA) is 97.6 Å². The summed E-state index contributed by atoms with van der Waals surface area (Å²) >= 11 is 0. The molecule has 3 aromatic rings. The van der Waals surface area contributed by atoms with Crippen molar-refractivity contribution in [3.63, 3.8) is 0 Å². The smallest absolute Gasteiger partial charge is 0.250 e. The van der Waals surface area contributed by atoms with Gasteiger partial charge in [-0.05, 0) is 106 Å². The van der Waals surface area contributed by atoms with Gasteiger partial charge in [-0.25, -0.2) is 22.8 Å². The fraction of sp³-hybridized carbons (Fsp3) is 0.571. The standard InChI is InChI=1S/C35H44FN5O4S/c1-39-32(42)12-10-28(26-7-8-26)33(39)29-17-27(36)9-11-30(29)45-31-18-37-23-38-34(31)41-21-35(22-41)13-15-40(16-14-35)19-24-3-5-25(6-4-24)20-46(2,43)44/h9-12,17-18,23-26H,3-8,13-16,19-22H2,1-2H3. The molecule has 2 saturated heterocycles. The van der Waals surface area contributed by atoms with Crippen molar-refractivity contribution < 1.29 is 17.5 Å². The van der Waals surface area contributed by atoms with E-state index in [-0.39, 0.29) is 16.8 Å². The summed E-state index contributed by atoms with van der Waals surface area (Å²) in [6.45, 7) is 5.09. The molecular formula is C35H44FN5O4S. The minimum Gasteiger partial charge on any atom is -0.451 e. The number of sulfone groups is 1. The Labute approximate surface area is 270 Å². The van der Waals surface area contributed by atoms with Gasteiger partial charge in [0.2, 0.25) is 0 Å². The van der Waals surface area contributed by atoms with E-state index >= 15 is 0 Å². The molecule has 4 aliphatic rings. The number of hydrogen-bond donors (Lipinski definition) is 0. The van der Waals surface area contributed by atoms with Crippen LogP contribution in [0.25, 0.3) is 11.3 Å². The van der Waals surface area contributed by atoms with Gasteiger partial charge < -0.3 is 19.1 Å². The average molecular weight is 650 g/mol. The number of piperidine rings is 1. The lowest BCUT2D eigenvalue weighted by atomic mass is 9.71. The molecule has 4 fully saturated rings. The van der Waals surface area contributed by atoms with Crippen molar-refractivity contribution in [2.24, 2.45) is 24.3 Å². The predicted molar refractivity (Wildman–Crippen MR) is 177 cm³/mol. The van der Waals surface area contributed by atoms with E-state index in [2.05, 4.69) is 19.8 Å². The summed E-state index contributed by atoms with van der Waals surface area (Å²) in [4.78, 5) is 26.4. The summed E-state index contributed by atoms with van der Waals surface area (Å²) < 4.78 is 46.1. The molecule has 0 bridgehead atoms. The molecule has 2 aromatic heterocycles. The first-order chi connectivity index (χ1) is 22.1. The quantitative estimate of drug-likeness (QED) is 0.304. The third-order valence-corrected chi connectivity index (χ3v) is 11.8. The fourth-order valence-electron chi connectivity index (χ4n) is 8.04. The Hall–Kier alpha value is -3.31. The van der Waals surface area contributed by atoms with Crippen LogP contribution in [0.3, 0.4) is 0 Å². The van der Waals surface area contributed by atoms with Crippen molar-refractivity contribution in [3.8, 4) is 22.8 Å². The SMILES string of the molecule is Cn1c(-c2cc(F)ccc2Oc2cncnc2N2CC3(CCN(CC4CCC(CS(C)(=O)=O)CC4)CC3)C2)c(C2CC2)ccc1=O. The Kier molecular flexibility index (Phi) is 8.42. The number of benzene rings is 1. The third kappa shape index (κ3) is 6.72. The van der Waals surface area contributed by atoms with Crippen LogP contribution in [-0.2, 0) is 16.9 Å². The molecule has 4 heterocycles. The highest BCUT2D eigenvalue weighted by Gasteiger charge is 2.46. The van der Waals surface area contributed by atoms with Gasteiger partial charge in [0.05, 0.1) is 17.6 Å². The second-order valence-corrected chi connectivity index (χ2v) is 16.6. The van der Waals surface area contributed by atoms with E-state index in [1.54, 1.807) is 29.9 Å². The van der Waals surface area contributed by atoms with Crippen LogP contribution < -0.4 is 15.2 Å². The van der Waals surface area contributed by atoms with Crippen molar-refractivity contribution >= 4 is 15.7 Å². The number of nitrogens with zero attached hydrogens (tertiary/aromatic N) is 5. The van der Waals surface area contributed by atoms with Gasteiger partial charge in [0, 0.05) is 50.0 Å². The van der Waals surface area contributed by atoms with Crippen LogP contribution in [0.1, 0.15) is 62.8 Å². The van der Waals surface area contributed by atoms with E-state index in [0.29, 0.717) is 46.3 Å². The molecule has 0 radical (unpaired) electrons. The Morgan fingerprint density at radius 3 is 2.39 bits per heavy atom. The van der Waals surface area contributed by atoms with E-state index in [1.807, 2.05) is 6.07 Å².